The van der Waals surface area contributed by atoms with Gasteiger partial charge in [0.05, 0.1) is 0 Å². The lowest BCUT2D eigenvalue weighted by atomic mass is 10.0. The summed E-state index contributed by atoms with van der Waals surface area (Å²) in [5, 5.41) is 6.71. The summed E-state index contributed by atoms with van der Waals surface area (Å²) in [6.07, 6.45) is 0. The molecule has 4 heteroatoms. The number of nitrogens with one attached hydrogen (secondary N) is 2. The van der Waals surface area contributed by atoms with E-state index < -0.39 is 0 Å². The molecular weight excluding hydrogens is 183 g/mol. The predicted molar refractivity (Wildman–Crippen MR) is 54.0 cm³/mol. The van der Waals surface area contributed by atoms with Crippen LogP contribution in [0.3, 0.4) is 0 Å². The minimum absolute atomic E-state index is 0. The van der Waals surface area contributed by atoms with Crippen LogP contribution >= 0.6 is 24.8 Å². The maximum atomic E-state index is 3.49. The van der Waals surface area contributed by atoms with Gasteiger partial charge in [-0.2, -0.15) is 0 Å². The highest BCUT2D eigenvalue weighted by Crippen LogP contribution is 2.03. The number of halogens is 2. The van der Waals surface area contributed by atoms with Crippen LogP contribution in [0.1, 0.15) is 20.8 Å². The van der Waals surface area contributed by atoms with Gasteiger partial charge in [-0.25, -0.2) is 0 Å². The van der Waals surface area contributed by atoms with Crippen molar-refractivity contribution >= 4 is 24.8 Å². The highest BCUT2D eigenvalue weighted by Gasteiger charge is 2.21. The van der Waals surface area contributed by atoms with Crippen molar-refractivity contribution in [2.75, 3.05) is 13.1 Å². The summed E-state index contributed by atoms with van der Waals surface area (Å²) in [6.45, 7) is 8.87. The molecule has 0 radical (unpaired) electrons. The molecule has 0 bridgehead atoms. The zero-order valence-electron chi connectivity index (χ0n) is 7.31. The van der Waals surface area contributed by atoms with Gasteiger partial charge >= 0.3 is 0 Å². The molecule has 0 spiro atoms. The van der Waals surface area contributed by atoms with Crippen LogP contribution in [-0.4, -0.2) is 24.7 Å². The second-order valence-corrected chi connectivity index (χ2v) is 3.75. The minimum Gasteiger partial charge on any atom is -0.314 e. The van der Waals surface area contributed by atoms with Crippen molar-refractivity contribution < 1.29 is 0 Å². The van der Waals surface area contributed by atoms with Crippen molar-refractivity contribution in [1.29, 1.82) is 0 Å². The zero-order chi connectivity index (χ0) is 6.91. The molecule has 70 valence electrons. The van der Waals surface area contributed by atoms with Gasteiger partial charge in [-0.3, -0.25) is 0 Å². The summed E-state index contributed by atoms with van der Waals surface area (Å²) in [4.78, 5) is 0. The van der Waals surface area contributed by atoms with E-state index >= 15 is 0 Å². The molecule has 0 atom stereocenters. The Labute approximate surface area is 81.3 Å². The van der Waals surface area contributed by atoms with Crippen LogP contribution < -0.4 is 10.6 Å². The van der Waals surface area contributed by atoms with Gasteiger partial charge in [-0.05, 0) is 20.8 Å². The molecule has 1 fully saturated rings. The summed E-state index contributed by atoms with van der Waals surface area (Å²) in [5.41, 5.74) is 0.284. The third kappa shape index (κ3) is 5.74. The fraction of sp³-hybridized carbons (Fsp3) is 1.00. The van der Waals surface area contributed by atoms with E-state index in [2.05, 4.69) is 31.4 Å². The van der Waals surface area contributed by atoms with E-state index in [1.54, 1.807) is 0 Å². The van der Waals surface area contributed by atoms with Gasteiger partial charge in [0.15, 0.2) is 0 Å². The Morgan fingerprint density at radius 2 is 1.64 bits per heavy atom. The molecule has 0 aliphatic carbocycles. The zero-order valence-corrected chi connectivity index (χ0v) is 8.94. The van der Waals surface area contributed by atoms with Gasteiger partial charge < -0.3 is 10.6 Å². The number of hydrogen-bond donors (Lipinski definition) is 2. The Balaban J connectivity index is 0. The Bertz CT molecular complexity index is 97.1. The van der Waals surface area contributed by atoms with Crippen molar-refractivity contribution in [2.45, 2.75) is 32.4 Å². The van der Waals surface area contributed by atoms with Crippen molar-refractivity contribution in [1.82, 2.24) is 10.6 Å². The van der Waals surface area contributed by atoms with E-state index in [1.807, 2.05) is 0 Å². The van der Waals surface area contributed by atoms with Gasteiger partial charge in [-0.1, -0.05) is 0 Å². The Hall–Kier alpha value is 0.500. The van der Waals surface area contributed by atoms with Crippen molar-refractivity contribution in [3.63, 3.8) is 0 Å². The molecule has 0 amide bonds. The van der Waals surface area contributed by atoms with E-state index in [4.69, 9.17) is 0 Å². The normalized spacial score (nSPS) is 17.7. The molecule has 0 aromatic rings. The van der Waals surface area contributed by atoms with E-state index in [1.165, 1.54) is 0 Å². The van der Waals surface area contributed by atoms with Crippen LogP contribution in [0.2, 0.25) is 0 Å². The smallest absolute Gasteiger partial charge is 0.0322 e. The maximum Gasteiger partial charge on any atom is 0.0322 e. The average Bonchev–Trinajstić information content (AvgIpc) is 1.53. The summed E-state index contributed by atoms with van der Waals surface area (Å²) in [6, 6.07) is 0.713. The van der Waals surface area contributed by atoms with Gasteiger partial charge in [0.25, 0.3) is 0 Å². The highest BCUT2D eigenvalue weighted by molar-refractivity contribution is 5.85. The Morgan fingerprint density at radius 1 is 1.18 bits per heavy atom. The topological polar surface area (TPSA) is 24.1 Å². The molecular formula is C7H18Cl2N2. The minimum atomic E-state index is 0. The Morgan fingerprint density at radius 3 is 1.73 bits per heavy atom. The second kappa shape index (κ2) is 5.20. The van der Waals surface area contributed by atoms with Gasteiger partial charge in [0, 0.05) is 24.7 Å². The molecule has 0 unspecified atom stereocenters. The molecule has 1 aliphatic heterocycles. The van der Waals surface area contributed by atoms with Crippen LogP contribution in [0.15, 0.2) is 0 Å². The standard InChI is InChI=1S/C7H16N2.2ClH/c1-7(2,3)9-6-4-8-5-6;;/h6,8-9H,4-5H2,1-3H3;2*1H. The van der Waals surface area contributed by atoms with Crippen molar-refractivity contribution in [3.8, 4) is 0 Å². The first kappa shape index (κ1) is 14.0. The second-order valence-electron chi connectivity index (χ2n) is 3.75. The van der Waals surface area contributed by atoms with Crippen LogP contribution in [0.25, 0.3) is 0 Å². The fourth-order valence-corrected chi connectivity index (χ4v) is 1.00. The molecule has 11 heavy (non-hydrogen) atoms. The lowest BCUT2D eigenvalue weighted by Gasteiger charge is -2.34. The van der Waals surface area contributed by atoms with Gasteiger partial charge in [-0.15, -0.1) is 24.8 Å². The van der Waals surface area contributed by atoms with Gasteiger partial charge in [0.1, 0.15) is 0 Å². The lowest BCUT2D eigenvalue weighted by Crippen LogP contribution is -2.60. The van der Waals surface area contributed by atoms with Crippen LogP contribution in [0.5, 0.6) is 0 Å². The monoisotopic (exact) mass is 200 g/mol. The number of rotatable bonds is 1. The molecule has 0 aromatic carbocycles. The average molecular weight is 201 g/mol. The summed E-state index contributed by atoms with van der Waals surface area (Å²) in [7, 11) is 0. The van der Waals surface area contributed by atoms with Crippen molar-refractivity contribution in [3.05, 3.63) is 0 Å². The molecule has 0 aromatic heterocycles. The molecule has 1 saturated heterocycles. The van der Waals surface area contributed by atoms with Crippen LogP contribution in [0.4, 0.5) is 0 Å². The van der Waals surface area contributed by atoms with Gasteiger partial charge in [0.2, 0.25) is 0 Å². The molecule has 1 rings (SSSR count). The largest absolute Gasteiger partial charge is 0.314 e. The third-order valence-electron chi connectivity index (χ3n) is 1.42. The predicted octanol–water partition coefficient (Wildman–Crippen LogP) is 1.19. The maximum absolute atomic E-state index is 3.49. The molecule has 1 aliphatic rings. The van der Waals surface area contributed by atoms with Crippen LogP contribution in [-0.2, 0) is 0 Å². The summed E-state index contributed by atoms with van der Waals surface area (Å²) in [5.74, 6) is 0. The molecule has 0 saturated carbocycles. The first-order valence-electron chi connectivity index (χ1n) is 3.56. The van der Waals surface area contributed by atoms with Crippen LogP contribution in [0, 0.1) is 0 Å². The highest BCUT2D eigenvalue weighted by atomic mass is 35.5. The summed E-state index contributed by atoms with van der Waals surface area (Å²) < 4.78 is 0. The van der Waals surface area contributed by atoms with E-state index in [9.17, 15) is 0 Å². The Kier molecular flexibility index (Phi) is 6.64. The van der Waals surface area contributed by atoms with E-state index in [0.717, 1.165) is 13.1 Å². The van der Waals surface area contributed by atoms with E-state index in [0.29, 0.717) is 6.04 Å². The molecule has 1 heterocycles. The third-order valence-corrected chi connectivity index (χ3v) is 1.42. The van der Waals surface area contributed by atoms with E-state index in [-0.39, 0.29) is 30.4 Å². The van der Waals surface area contributed by atoms with Crippen molar-refractivity contribution in [2.24, 2.45) is 0 Å². The molecule has 2 N–H and O–H groups in total. The first-order valence-corrected chi connectivity index (χ1v) is 3.56. The first-order chi connectivity index (χ1) is 4.08. The fourth-order valence-electron chi connectivity index (χ4n) is 1.00. The quantitative estimate of drug-likeness (QED) is 0.665. The SMILES string of the molecule is CC(C)(C)NC1CNC1.Cl.Cl. The molecule has 2 nitrogen and oxygen atoms in total. The summed E-state index contributed by atoms with van der Waals surface area (Å²) >= 11 is 0. The number of hydrogen-bond acceptors (Lipinski definition) is 2. The lowest BCUT2D eigenvalue weighted by molar-refractivity contribution is 0.286.